The van der Waals surface area contributed by atoms with Gasteiger partial charge in [0.25, 0.3) is 0 Å². The van der Waals surface area contributed by atoms with E-state index in [1.54, 1.807) is 11.8 Å². The maximum atomic E-state index is 6.23. The van der Waals surface area contributed by atoms with Crippen molar-refractivity contribution in [1.82, 2.24) is 9.97 Å². The van der Waals surface area contributed by atoms with Gasteiger partial charge in [-0.2, -0.15) is 0 Å². The van der Waals surface area contributed by atoms with Crippen LogP contribution >= 0.6 is 39.3 Å². The van der Waals surface area contributed by atoms with Crippen molar-refractivity contribution in [3.63, 3.8) is 0 Å². The summed E-state index contributed by atoms with van der Waals surface area (Å²) in [5, 5.41) is 0.453. The standard InChI is InChI=1S/C15H16BrClN2S/c1-15(2,3)12-11(16)13(17)19-14(18-12)9-5-7-10(20-4)8-6-9/h5-8H,1-4H3. The van der Waals surface area contributed by atoms with Crippen LogP contribution in [-0.2, 0) is 5.41 Å². The van der Waals surface area contributed by atoms with E-state index in [9.17, 15) is 0 Å². The molecular weight excluding hydrogens is 356 g/mol. The fourth-order valence-corrected chi connectivity index (χ4v) is 3.14. The molecular formula is C15H16BrClN2S. The molecule has 0 radical (unpaired) electrons. The Kier molecular flexibility index (Phi) is 4.77. The molecule has 0 fully saturated rings. The summed E-state index contributed by atoms with van der Waals surface area (Å²) in [7, 11) is 0. The SMILES string of the molecule is CSc1ccc(-c2nc(Cl)c(Br)c(C(C)(C)C)n2)cc1. The van der Waals surface area contributed by atoms with Gasteiger partial charge in [-0.05, 0) is 34.3 Å². The highest BCUT2D eigenvalue weighted by atomic mass is 79.9. The largest absolute Gasteiger partial charge is 0.231 e. The summed E-state index contributed by atoms with van der Waals surface area (Å²) in [4.78, 5) is 10.3. The number of rotatable bonds is 2. The fourth-order valence-electron chi connectivity index (χ4n) is 1.79. The fraction of sp³-hybridized carbons (Fsp3) is 0.333. The highest BCUT2D eigenvalue weighted by Crippen LogP contribution is 2.34. The summed E-state index contributed by atoms with van der Waals surface area (Å²) in [6.45, 7) is 6.32. The highest BCUT2D eigenvalue weighted by Gasteiger charge is 2.23. The first kappa shape index (κ1) is 15.8. The van der Waals surface area contributed by atoms with Gasteiger partial charge >= 0.3 is 0 Å². The Morgan fingerprint density at radius 2 is 1.70 bits per heavy atom. The number of aromatic nitrogens is 2. The molecule has 0 atom stereocenters. The van der Waals surface area contributed by atoms with Crippen LogP contribution in [0.2, 0.25) is 5.15 Å². The van der Waals surface area contributed by atoms with Gasteiger partial charge in [0, 0.05) is 15.9 Å². The van der Waals surface area contributed by atoms with Crippen LogP contribution in [0, 0.1) is 0 Å². The van der Waals surface area contributed by atoms with Crippen molar-refractivity contribution in [3.8, 4) is 11.4 Å². The van der Waals surface area contributed by atoms with Crippen molar-refractivity contribution >= 4 is 39.3 Å². The minimum Gasteiger partial charge on any atom is -0.231 e. The molecule has 0 saturated heterocycles. The normalized spacial score (nSPS) is 11.7. The quantitative estimate of drug-likeness (QED) is 0.509. The Bertz CT molecular complexity index is 621. The zero-order valence-corrected chi connectivity index (χ0v) is 15.0. The highest BCUT2D eigenvalue weighted by molar-refractivity contribution is 9.10. The zero-order chi connectivity index (χ0) is 14.9. The lowest BCUT2D eigenvalue weighted by atomic mass is 9.92. The maximum Gasteiger partial charge on any atom is 0.161 e. The van der Waals surface area contributed by atoms with Crippen molar-refractivity contribution in [1.29, 1.82) is 0 Å². The summed E-state index contributed by atoms with van der Waals surface area (Å²) in [6, 6.07) is 8.18. The van der Waals surface area contributed by atoms with Crippen molar-refractivity contribution in [2.45, 2.75) is 31.1 Å². The number of nitrogens with zero attached hydrogens (tertiary/aromatic N) is 2. The first-order valence-corrected chi connectivity index (χ1v) is 8.60. The van der Waals surface area contributed by atoms with Crippen molar-refractivity contribution < 1.29 is 0 Å². The smallest absolute Gasteiger partial charge is 0.161 e. The summed E-state index contributed by atoms with van der Waals surface area (Å²) >= 11 is 11.4. The van der Waals surface area contributed by atoms with Gasteiger partial charge in [-0.1, -0.05) is 44.5 Å². The predicted molar refractivity (Wildman–Crippen MR) is 90.7 cm³/mol. The van der Waals surface area contributed by atoms with Crippen molar-refractivity contribution in [2.24, 2.45) is 0 Å². The van der Waals surface area contributed by atoms with Gasteiger partial charge < -0.3 is 0 Å². The van der Waals surface area contributed by atoms with E-state index in [2.05, 4.69) is 65.1 Å². The van der Waals surface area contributed by atoms with E-state index in [1.165, 1.54) is 4.90 Å². The summed E-state index contributed by atoms with van der Waals surface area (Å²) in [5.74, 6) is 0.663. The Labute approximate surface area is 137 Å². The van der Waals surface area contributed by atoms with Crippen LogP contribution in [0.25, 0.3) is 11.4 Å². The van der Waals surface area contributed by atoms with Gasteiger partial charge in [-0.15, -0.1) is 11.8 Å². The molecule has 1 aromatic carbocycles. The number of thioether (sulfide) groups is 1. The lowest BCUT2D eigenvalue weighted by molar-refractivity contribution is 0.564. The predicted octanol–water partition coefficient (Wildman–Crippen LogP) is 5.58. The molecule has 0 aliphatic carbocycles. The topological polar surface area (TPSA) is 25.8 Å². The van der Waals surface area contributed by atoms with E-state index < -0.39 is 0 Å². The average Bonchev–Trinajstić information content (AvgIpc) is 2.40. The third-order valence-corrected chi connectivity index (χ3v) is 4.87. The molecule has 5 heteroatoms. The molecule has 0 spiro atoms. The Morgan fingerprint density at radius 1 is 1.10 bits per heavy atom. The van der Waals surface area contributed by atoms with E-state index >= 15 is 0 Å². The monoisotopic (exact) mass is 370 g/mol. The van der Waals surface area contributed by atoms with Gasteiger partial charge in [0.15, 0.2) is 5.82 Å². The van der Waals surface area contributed by atoms with Crippen LogP contribution in [0.1, 0.15) is 26.5 Å². The molecule has 0 N–H and O–H groups in total. The van der Waals surface area contributed by atoms with Crippen LogP contribution in [0.5, 0.6) is 0 Å². The van der Waals surface area contributed by atoms with Gasteiger partial charge in [0.1, 0.15) is 5.15 Å². The first-order valence-electron chi connectivity index (χ1n) is 6.21. The average molecular weight is 372 g/mol. The van der Waals surface area contributed by atoms with Crippen LogP contribution in [-0.4, -0.2) is 16.2 Å². The molecule has 106 valence electrons. The van der Waals surface area contributed by atoms with Gasteiger partial charge in [0.05, 0.1) is 10.2 Å². The second-order valence-corrected chi connectivity index (χ2v) is 7.51. The van der Waals surface area contributed by atoms with Crippen LogP contribution < -0.4 is 0 Å². The number of halogens is 2. The van der Waals surface area contributed by atoms with Crippen molar-refractivity contribution in [2.75, 3.05) is 6.26 Å². The lowest BCUT2D eigenvalue weighted by Crippen LogP contribution is -2.16. The summed E-state index contributed by atoms with van der Waals surface area (Å²) in [5.41, 5.74) is 1.79. The minimum absolute atomic E-state index is 0.0978. The van der Waals surface area contributed by atoms with Gasteiger partial charge in [-0.25, -0.2) is 9.97 Å². The molecule has 2 nitrogen and oxygen atoms in total. The van der Waals surface area contributed by atoms with Crippen LogP contribution in [0.3, 0.4) is 0 Å². The molecule has 0 amide bonds. The molecule has 1 aromatic heterocycles. The Hall–Kier alpha value is -0.580. The van der Waals surface area contributed by atoms with E-state index in [1.807, 2.05) is 12.1 Å². The maximum absolute atomic E-state index is 6.23. The number of hydrogen-bond acceptors (Lipinski definition) is 3. The minimum atomic E-state index is -0.0978. The van der Waals surface area contributed by atoms with Gasteiger partial charge in [0.2, 0.25) is 0 Å². The molecule has 0 bridgehead atoms. The van der Waals surface area contributed by atoms with E-state index in [0.29, 0.717) is 11.0 Å². The van der Waals surface area contributed by atoms with Crippen LogP contribution in [0.4, 0.5) is 0 Å². The Balaban J connectivity index is 2.54. The van der Waals surface area contributed by atoms with Gasteiger partial charge in [-0.3, -0.25) is 0 Å². The van der Waals surface area contributed by atoms with E-state index in [-0.39, 0.29) is 5.41 Å². The molecule has 20 heavy (non-hydrogen) atoms. The first-order chi connectivity index (χ1) is 9.32. The molecule has 2 aromatic rings. The molecule has 0 aliphatic heterocycles. The molecule has 0 saturated carbocycles. The zero-order valence-electron chi connectivity index (χ0n) is 11.9. The molecule has 2 rings (SSSR count). The number of benzene rings is 1. The summed E-state index contributed by atoms with van der Waals surface area (Å²) in [6.07, 6.45) is 2.06. The van der Waals surface area contributed by atoms with E-state index in [4.69, 9.17) is 11.6 Å². The van der Waals surface area contributed by atoms with Crippen LogP contribution in [0.15, 0.2) is 33.6 Å². The second kappa shape index (κ2) is 6.04. The summed E-state index contributed by atoms with van der Waals surface area (Å²) < 4.78 is 0.774. The lowest BCUT2D eigenvalue weighted by Gasteiger charge is -2.20. The van der Waals surface area contributed by atoms with E-state index in [0.717, 1.165) is 15.7 Å². The molecule has 0 aliphatic rings. The van der Waals surface area contributed by atoms with Crippen molar-refractivity contribution in [3.05, 3.63) is 39.6 Å². The third kappa shape index (κ3) is 3.35. The number of hydrogen-bond donors (Lipinski definition) is 0. The molecule has 0 unspecified atom stereocenters. The third-order valence-electron chi connectivity index (χ3n) is 2.87. The molecule has 1 heterocycles. The second-order valence-electron chi connectivity index (χ2n) is 5.48. The Morgan fingerprint density at radius 3 is 2.20 bits per heavy atom.